The summed E-state index contributed by atoms with van der Waals surface area (Å²) < 4.78 is 43.1. The lowest BCUT2D eigenvalue weighted by Crippen LogP contribution is -2.41. The number of amides is 1. The lowest BCUT2D eigenvalue weighted by molar-refractivity contribution is -0.125. The summed E-state index contributed by atoms with van der Waals surface area (Å²) in [4.78, 5) is 13.5. The number of hydrogen-bond acceptors (Lipinski definition) is 6. The van der Waals surface area contributed by atoms with Gasteiger partial charge in [-0.15, -0.1) is 0 Å². The van der Waals surface area contributed by atoms with Gasteiger partial charge in [0.25, 0.3) is 15.9 Å². The molecule has 2 aromatic rings. The van der Waals surface area contributed by atoms with Crippen molar-refractivity contribution in [3.05, 3.63) is 42.5 Å². The van der Waals surface area contributed by atoms with Crippen LogP contribution >= 0.6 is 0 Å². The Bertz CT molecular complexity index is 942. The van der Waals surface area contributed by atoms with E-state index in [2.05, 4.69) is 4.72 Å². The Kier molecular flexibility index (Phi) is 4.17. The number of rotatable bonds is 4. The molecule has 136 valence electrons. The molecule has 0 unspecified atom stereocenters. The number of morpholine rings is 1. The fourth-order valence-electron chi connectivity index (χ4n) is 2.76. The van der Waals surface area contributed by atoms with Crippen LogP contribution in [0.1, 0.15) is 0 Å². The van der Waals surface area contributed by atoms with Gasteiger partial charge in [0, 0.05) is 24.0 Å². The second kappa shape index (κ2) is 6.50. The number of carbonyl (C=O) groups is 1. The van der Waals surface area contributed by atoms with Crippen molar-refractivity contribution in [1.29, 1.82) is 0 Å². The van der Waals surface area contributed by atoms with E-state index in [1.165, 1.54) is 12.1 Å². The zero-order chi connectivity index (χ0) is 18.1. The molecule has 1 amide bonds. The van der Waals surface area contributed by atoms with Gasteiger partial charge in [0.05, 0.1) is 11.5 Å². The van der Waals surface area contributed by atoms with Gasteiger partial charge in [-0.1, -0.05) is 0 Å². The van der Waals surface area contributed by atoms with E-state index in [1.807, 2.05) is 0 Å². The zero-order valence-electron chi connectivity index (χ0n) is 13.7. The van der Waals surface area contributed by atoms with Crippen molar-refractivity contribution in [2.45, 2.75) is 4.90 Å². The van der Waals surface area contributed by atoms with Gasteiger partial charge in [0.2, 0.25) is 6.79 Å². The summed E-state index contributed by atoms with van der Waals surface area (Å²) in [5.74, 6) is 0.794. The number of ether oxygens (including phenoxy) is 3. The Morgan fingerprint density at radius 1 is 1.00 bits per heavy atom. The second-order valence-corrected chi connectivity index (χ2v) is 7.45. The summed E-state index contributed by atoms with van der Waals surface area (Å²) in [6, 6.07) is 11.1. The highest BCUT2D eigenvalue weighted by atomic mass is 32.2. The number of hydrogen-bond donors (Lipinski definition) is 1. The predicted octanol–water partition coefficient (Wildman–Crippen LogP) is 1.58. The van der Waals surface area contributed by atoms with Crippen LogP contribution in [0.3, 0.4) is 0 Å². The van der Waals surface area contributed by atoms with Gasteiger partial charge in [-0.25, -0.2) is 8.42 Å². The van der Waals surface area contributed by atoms with Crippen molar-refractivity contribution in [1.82, 2.24) is 0 Å². The van der Waals surface area contributed by atoms with Crippen LogP contribution in [0.25, 0.3) is 0 Å². The topological polar surface area (TPSA) is 94.2 Å². The zero-order valence-corrected chi connectivity index (χ0v) is 14.5. The van der Waals surface area contributed by atoms with Crippen molar-refractivity contribution >= 4 is 27.3 Å². The number of carbonyl (C=O) groups excluding carboxylic acids is 1. The molecule has 0 aromatic heterocycles. The number of nitrogens with zero attached hydrogens (tertiary/aromatic N) is 1. The Hall–Kier alpha value is -2.78. The van der Waals surface area contributed by atoms with Gasteiger partial charge >= 0.3 is 0 Å². The highest BCUT2D eigenvalue weighted by molar-refractivity contribution is 7.92. The first-order valence-corrected chi connectivity index (χ1v) is 9.42. The van der Waals surface area contributed by atoms with E-state index in [0.29, 0.717) is 36.0 Å². The third-order valence-electron chi connectivity index (χ3n) is 4.07. The van der Waals surface area contributed by atoms with E-state index in [4.69, 9.17) is 14.2 Å². The molecule has 2 aliphatic heterocycles. The first-order valence-electron chi connectivity index (χ1n) is 7.94. The van der Waals surface area contributed by atoms with Crippen molar-refractivity contribution in [2.24, 2.45) is 0 Å². The van der Waals surface area contributed by atoms with Crippen LogP contribution in [0.4, 0.5) is 11.4 Å². The first-order chi connectivity index (χ1) is 12.5. The van der Waals surface area contributed by atoms with E-state index in [-0.39, 0.29) is 24.2 Å². The monoisotopic (exact) mass is 376 g/mol. The van der Waals surface area contributed by atoms with Crippen LogP contribution in [-0.2, 0) is 19.6 Å². The predicted molar refractivity (Wildman–Crippen MR) is 93.0 cm³/mol. The smallest absolute Gasteiger partial charge is 0.262 e. The summed E-state index contributed by atoms with van der Waals surface area (Å²) in [7, 11) is -3.77. The summed E-state index contributed by atoms with van der Waals surface area (Å²) in [6.07, 6.45) is 0. The molecule has 8 nitrogen and oxygen atoms in total. The lowest BCUT2D eigenvalue weighted by Gasteiger charge is -2.26. The largest absolute Gasteiger partial charge is 0.454 e. The lowest BCUT2D eigenvalue weighted by atomic mass is 10.2. The normalized spacial score (nSPS) is 16.6. The first kappa shape index (κ1) is 16.7. The molecule has 0 atom stereocenters. The molecule has 0 bridgehead atoms. The molecular formula is C17H16N2O6S. The standard InChI is InChI=1S/C17H16N2O6S/c20-17-10-23-8-7-19(17)13-3-1-12(2-4-13)18-26(21,22)14-5-6-15-16(9-14)25-11-24-15/h1-6,9,18H,7-8,10-11H2. The summed E-state index contributed by atoms with van der Waals surface area (Å²) >= 11 is 0. The van der Waals surface area contributed by atoms with Crippen LogP contribution in [0.15, 0.2) is 47.4 Å². The van der Waals surface area contributed by atoms with Gasteiger partial charge in [-0.2, -0.15) is 0 Å². The maximum atomic E-state index is 12.6. The minimum Gasteiger partial charge on any atom is -0.454 e. The summed E-state index contributed by atoms with van der Waals surface area (Å²) in [6.45, 7) is 1.08. The molecule has 2 aliphatic rings. The molecule has 0 radical (unpaired) electrons. The molecule has 2 aromatic carbocycles. The van der Waals surface area contributed by atoms with E-state index in [9.17, 15) is 13.2 Å². The van der Waals surface area contributed by atoms with Crippen molar-refractivity contribution in [2.75, 3.05) is 36.2 Å². The van der Waals surface area contributed by atoms with E-state index in [0.717, 1.165) is 0 Å². The Balaban J connectivity index is 1.52. The van der Waals surface area contributed by atoms with Gasteiger partial charge in [0.15, 0.2) is 11.5 Å². The van der Waals surface area contributed by atoms with E-state index < -0.39 is 10.0 Å². The highest BCUT2D eigenvalue weighted by Gasteiger charge is 2.22. The number of benzene rings is 2. The van der Waals surface area contributed by atoms with Crippen LogP contribution in [0, 0.1) is 0 Å². The van der Waals surface area contributed by atoms with Crippen LogP contribution < -0.4 is 19.1 Å². The third kappa shape index (κ3) is 3.18. The molecule has 26 heavy (non-hydrogen) atoms. The van der Waals surface area contributed by atoms with Crippen LogP contribution in [-0.4, -0.2) is 40.9 Å². The van der Waals surface area contributed by atoms with Gasteiger partial charge in [-0.3, -0.25) is 9.52 Å². The summed E-state index contributed by atoms with van der Waals surface area (Å²) in [5, 5.41) is 0. The number of fused-ring (bicyclic) bond motifs is 1. The van der Waals surface area contributed by atoms with Crippen molar-refractivity contribution < 1.29 is 27.4 Å². The Morgan fingerprint density at radius 3 is 2.54 bits per heavy atom. The van der Waals surface area contributed by atoms with Gasteiger partial charge < -0.3 is 19.1 Å². The van der Waals surface area contributed by atoms with Crippen LogP contribution in [0.5, 0.6) is 11.5 Å². The maximum Gasteiger partial charge on any atom is 0.262 e. The number of sulfonamides is 1. The van der Waals surface area contributed by atoms with E-state index >= 15 is 0 Å². The molecular weight excluding hydrogens is 360 g/mol. The molecule has 9 heteroatoms. The highest BCUT2D eigenvalue weighted by Crippen LogP contribution is 2.34. The quantitative estimate of drug-likeness (QED) is 0.871. The maximum absolute atomic E-state index is 12.6. The minimum absolute atomic E-state index is 0.0541. The number of nitrogens with one attached hydrogen (secondary N) is 1. The third-order valence-corrected chi connectivity index (χ3v) is 5.45. The van der Waals surface area contributed by atoms with Gasteiger partial charge in [-0.05, 0) is 36.4 Å². The fraction of sp³-hybridized carbons (Fsp3) is 0.235. The molecule has 1 N–H and O–H groups in total. The molecule has 4 rings (SSSR count). The molecule has 0 spiro atoms. The molecule has 0 saturated carbocycles. The molecule has 0 aliphatic carbocycles. The average molecular weight is 376 g/mol. The second-order valence-electron chi connectivity index (χ2n) is 5.77. The molecule has 1 saturated heterocycles. The van der Waals surface area contributed by atoms with E-state index in [1.54, 1.807) is 35.2 Å². The Morgan fingerprint density at radius 2 is 1.77 bits per heavy atom. The van der Waals surface area contributed by atoms with Crippen molar-refractivity contribution in [3.8, 4) is 11.5 Å². The number of anilines is 2. The minimum atomic E-state index is -3.77. The van der Waals surface area contributed by atoms with Crippen molar-refractivity contribution in [3.63, 3.8) is 0 Å². The molecule has 1 fully saturated rings. The summed E-state index contributed by atoms with van der Waals surface area (Å²) in [5.41, 5.74) is 1.09. The van der Waals surface area contributed by atoms with Crippen LogP contribution in [0.2, 0.25) is 0 Å². The molecule has 2 heterocycles. The SMILES string of the molecule is O=C1COCCN1c1ccc(NS(=O)(=O)c2ccc3c(c2)OCO3)cc1. The average Bonchev–Trinajstić information content (AvgIpc) is 3.10. The van der Waals surface area contributed by atoms with Gasteiger partial charge in [0.1, 0.15) is 6.61 Å². The fourth-order valence-corrected chi connectivity index (χ4v) is 3.83. The Labute approximate surface area is 150 Å².